The van der Waals surface area contributed by atoms with Gasteiger partial charge in [-0.1, -0.05) is 5.16 Å². The van der Waals surface area contributed by atoms with Crippen LogP contribution in [0.25, 0.3) is 0 Å². The number of nitrogens with two attached hydrogens (primary N) is 1. The minimum absolute atomic E-state index is 0. The summed E-state index contributed by atoms with van der Waals surface area (Å²) in [6, 6.07) is -1.15. The van der Waals surface area contributed by atoms with Gasteiger partial charge in [0.1, 0.15) is 23.7 Å². The van der Waals surface area contributed by atoms with Gasteiger partial charge in [0, 0.05) is 23.6 Å². The van der Waals surface area contributed by atoms with Crippen molar-refractivity contribution in [1.82, 2.24) is 15.2 Å². The Morgan fingerprint density at radius 2 is 1.95 bits per heavy atom. The summed E-state index contributed by atoms with van der Waals surface area (Å²) in [4.78, 5) is 69.6. The normalized spacial score (nSPS) is 18.9. The first-order valence-corrected chi connectivity index (χ1v) is 11.8. The van der Waals surface area contributed by atoms with E-state index in [1.807, 2.05) is 0 Å². The molecule has 0 radical (unpaired) electrons. The number of thioether (sulfide) groups is 1. The first-order chi connectivity index (χ1) is 16.3. The largest absolute Gasteiger partial charge is 1.00 e. The topological polar surface area (TPSA) is 216 Å². The number of hydrogen-bond acceptors (Lipinski definition) is 14. The maximum atomic E-state index is 13.0. The van der Waals surface area contributed by atoms with E-state index in [2.05, 4.69) is 15.5 Å². The van der Waals surface area contributed by atoms with Crippen LogP contribution in [0, 0.1) is 0 Å². The molecule has 1 fully saturated rings. The number of β-lactam (4-membered cyclic amide) rings is 1. The molecule has 1 aromatic heterocycles. The molecule has 188 valence electrons. The number of aliphatic carboxylic acids is 2. The zero-order chi connectivity index (χ0) is 26.1. The number of carboxylic acid groups (broad SMARTS) is 2. The molecule has 0 aromatic carbocycles. The smallest absolute Gasteiger partial charge is 0.546 e. The minimum Gasteiger partial charge on any atom is -0.546 e. The van der Waals surface area contributed by atoms with Gasteiger partial charge < -0.3 is 40.4 Å². The predicted molar refractivity (Wildman–Crippen MR) is 117 cm³/mol. The van der Waals surface area contributed by atoms with Crippen molar-refractivity contribution < 1.29 is 103 Å². The van der Waals surface area contributed by atoms with Gasteiger partial charge in [0.25, 0.3) is 11.8 Å². The number of thiazole rings is 1. The van der Waals surface area contributed by atoms with E-state index in [9.17, 15) is 34.2 Å². The quantitative estimate of drug-likeness (QED) is 0.0929. The van der Waals surface area contributed by atoms with Gasteiger partial charge in [-0.25, -0.2) is 4.98 Å². The molecule has 2 atom stereocenters. The Labute approximate surface area is 263 Å². The van der Waals surface area contributed by atoms with Gasteiger partial charge in [0.05, 0.1) is 17.6 Å². The summed E-state index contributed by atoms with van der Waals surface area (Å²) in [5.74, 6) is -5.43. The summed E-state index contributed by atoms with van der Waals surface area (Å²) in [6.45, 7) is 3.14. The number of nitrogens with zero attached hydrogens (tertiary/aromatic N) is 3. The van der Waals surface area contributed by atoms with Crippen molar-refractivity contribution >= 4 is 63.7 Å². The molecule has 3 rings (SSSR count). The van der Waals surface area contributed by atoms with Gasteiger partial charge in [-0.05, 0) is 13.8 Å². The molecule has 37 heavy (non-hydrogen) atoms. The number of anilines is 1. The molecule has 18 heteroatoms. The van der Waals surface area contributed by atoms with Crippen LogP contribution in [-0.2, 0) is 33.5 Å². The Bertz CT molecular complexity index is 1170. The van der Waals surface area contributed by atoms with E-state index in [4.69, 9.17) is 15.3 Å². The summed E-state index contributed by atoms with van der Waals surface area (Å²) in [7, 11) is 0. The van der Waals surface area contributed by atoms with Gasteiger partial charge >= 0.3 is 65.1 Å². The number of oxime groups is 1. The monoisotopic (exact) mass is 571 g/mol. The standard InChI is InChI=1S/C19H21N5O9S2.2Na/c1-7(25)32-4-8-5-34-15-11(14(27)24(15)12(8)16(28)29)22-13(26)10(9-6-35-18(20)21-9)23-33-19(2,3)17(30)31;;/h6,11,15H,4-5H2,1-3H3,(H2,20,21)(H,22,26)(H,28,29)(H,30,31);;/q;2*+1/p-2/b23-10-;;/t11-,15+;;/m0../s1. The van der Waals surface area contributed by atoms with E-state index in [1.165, 1.54) is 5.38 Å². The Morgan fingerprint density at radius 3 is 2.46 bits per heavy atom. The van der Waals surface area contributed by atoms with Crippen LogP contribution in [0.4, 0.5) is 5.13 Å². The molecule has 0 aliphatic carbocycles. The fourth-order valence-electron chi connectivity index (χ4n) is 2.98. The summed E-state index contributed by atoms with van der Waals surface area (Å²) >= 11 is 2.13. The molecule has 1 aromatic rings. The molecular formula is C19H19N5Na2O9S2. The second kappa shape index (κ2) is 13.4. The zero-order valence-corrected chi connectivity index (χ0v) is 26.2. The molecule has 1 saturated heterocycles. The van der Waals surface area contributed by atoms with E-state index in [0.717, 1.165) is 48.8 Å². The van der Waals surface area contributed by atoms with Crippen molar-refractivity contribution in [3.05, 3.63) is 22.3 Å². The molecule has 3 heterocycles. The van der Waals surface area contributed by atoms with Crippen molar-refractivity contribution in [3.63, 3.8) is 0 Å². The number of nitrogens with one attached hydrogen (secondary N) is 1. The number of carbonyl (C=O) groups is 5. The van der Waals surface area contributed by atoms with Crippen LogP contribution >= 0.6 is 23.1 Å². The third-order valence-corrected chi connectivity index (χ3v) is 6.83. The summed E-state index contributed by atoms with van der Waals surface area (Å²) in [5, 5.41) is 29.6. The number of rotatable bonds is 9. The van der Waals surface area contributed by atoms with E-state index in [1.54, 1.807) is 0 Å². The summed E-state index contributed by atoms with van der Waals surface area (Å²) in [5.41, 5.74) is 2.99. The van der Waals surface area contributed by atoms with Gasteiger partial charge in [0.15, 0.2) is 16.4 Å². The van der Waals surface area contributed by atoms with Crippen LogP contribution in [-0.4, -0.2) is 74.7 Å². The van der Waals surface area contributed by atoms with Gasteiger partial charge in [-0.2, -0.15) is 0 Å². The molecule has 0 unspecified atom stereocenters. The molecular weight excluding hydrogens is 552 g/mol. The van der Waals surface area contributed by atoms with E-state index in [0.29, 0.717) is 0 Å². The number of amides is 2. The molecule has 14 nitrogen and oxygen atoms in total. The number of carbonyl (C=O) groups excluding carboxylic acids is 5. The fourth-order valence-corrected chi connectivity index (χ4v) is 4.85. The number of nitrogen functional groups attached to an aromatic ring is 1. The van der Waals surface area contributed by atoms with Gasteiger partial charge in [-0.15, -0.1) is 23.1 Å². The number of hydrogen-bond donors (Lipinski definition) is 2. The fraction of sp³-hybridized carbons (Fsp3) is 0.421. The van der Waals surface area contributed by atoms with E-state index >= 15 is 0 Å². The number of esters is 1. The van der Waals surface area contributed by atoms with Gasteiger partial charge in [0.2, 0.25) is 0 Å². The maximum Gasteiger partial charge on any atom is 1.00 e. The molecule has 2 amide bonds. The first kappa shape index (κ1) is 33.4. The number of aromatic nitrogens is 1. The summed E-state index contributed by atoms with van der Waals surface area (Å²) in [6.07, 6.45) is 0. The zero-order valence-electron chi connectivity index (χ0n) is 20.6. The SMILES string of the molecule is CC(=O)OCC1=C(C(=O)[O-])N2C(=O)[C@H](NC(=O)/C(=N\OC(C)(C)C(=O)[O-])c3csc(N)n3)[C@H]2SC1.[Na+].[Na+]. The Morgan fingerprint density at radius 1 is 1.30 bits per heavy atom. The van der Waals surface area contributed by atoms with E-state index < -0.39 is 58.1 Å². The van der Waals surface area contributed by atoms with Crippen molar-refractivity contribution in [2.45, 2.75) is 37.8 Å². The third kappa shape index (κ3) is 7.47. The summed E-state index contributed by atoms with van der Waals surface area (Å²) < 4.78 is 4.85. The predicted octanol–water partition coefficient (Wildman–Crippen LogP) is -9.05. The van der Waals surface area contributed by atoms with Crippen LogP contribution in [0.15, 0.2) is 21.8 Å². The molecule has 0 saturated carbocycles. The number of fused-ring (bicyclic) bond motifs is 1. The van der Waals surface area contributed by atoms with Crippen molar-refractivity contribution in [1.29, 1.82) is 0 Å². The van der Waals surface area contributed by atoms with Gasteiger partial charge in [-0.3, -0.25) is 19.3 Å². The maximum absolute atomic E-state index is 13.0. The first-order valence-electron chi connectivity index (χ1n) is 9.84. The third-order valence-electron chi connectivity index (χ3n) is 4.81. The van der Waals surface area contributed by atoms with E-state index in [-0.39, 0.29) is 87.9 Å². The Hall–Kier alpha value is -1.66. The molecule has 2 aliphatic rings. The molecule has 2 aliphatic heterocycles. The van der Waals surface area contributed by atoms with Crippen molar-refractivity contribution in [3.8, 4) is 0 Å². The molecule has 0 bridgehead atoms. The van der Waals surface area contributed by atoms with Crippen LogP contribution < -0.4 is 80.4 Å². The van der Waals surface area contributed by atoms with Crippen molar-refractivity contribution in [2.75, 3.05) is 18.1 Å². The van der Waals surface area contributed by atoms with Crippen LogP contribution in [0.2, 0.25) is 0 Å². The minimum atomic E-state index is -1.89. The molecule has 0 spiro atoms. The second-order valence-corrected chi connectivity index (χ2v) is 9.78. The second-order valence-electron chi connectivity index (χ2n) is 7.78. The Balaban J connectivity index is 0.00000342. The number of ether oxygens (including phenoxy) is 1. The van der Waals surface area contributed by atoms with Crippen molar-refractivity contribution in [2.24, 2.45) is 5.16 Å². The molecule has 3 N–H and O–H groups in total. The average Bonchev–Trinajstić information content (AvgIpc) is 3.20. The Kier molecular flexibility index (Phi) is 12.1. The average molecular weight is 572 g/mol. The number of carboxylic acids is 2. The van der Waals surface area contributed by atoms with Crippen LogP contribution in [0.5, 0.6) is 0 Å². The van der Waals surface area contributed by atoms with Crippen LogP contribution in [0.1, 0.15) is 26.5 Å². The van der Waals surface area contributed by atoms with Crippen LogP contribution in [0.3, 0.4) is 0 Å².